The monoisotopic (exact) mass is 661 g/mol. The number of imide groups is 1. The fourth-order valence-electron chi connectivity index (χ4n) is 6.83. The number of amides is 2. The third kappa shape index (κ3) is 7.13. The number of aromatic hydroxyl groups is 1. The van der Waals surface area contributed by atoms with Crippen LogP contribution in [0.4, 0.5) is 11.4 Å². The third-order valence-corrected chi connectivity index (χ3v) is 9.11. The molecule has 11 heteroatoms. The third-order valence-electron chi connectivity index (χ3n) is 9.11. The molecule has 2 aliphatic rings. The number of aliphatic hydroxyl groups excluding tert-OH is 2. The Kier molecular flexibility index (Phi) is 9.93. The maximum absolute atomic E-state index is 14.0. The fraction of sp³-hybridized carbons (Fsp3) is 0.237. The van der Waals surface area contributed by atoms with Crippen molar-refractivity contribution in [2.45, 2.75) is 25.4 Å². The highest BCUT2D eigenvalue weighted by molar-refractivity contribution is 6.22. The van der Waals surface area contributed by atoms with E-state index in [1.54, 1.807) is 42.6 Å². The Morgan fingerprint density at radius 1 is 1.00 bits per heavy atom. The molecular formula is C38H35N3O8. The first-order chi connectivity index (χ1) is 23.7. The molecule has 1 saturated heterocycles. The summed E-state index contributed by atoms with van der Waals surface area (Å²) in [5, 5.41) is 43.9. The summed E-state index contributed by atoms with van der Waals surface area (Å²) < 4.78 is 6.09. The lowest BCUT2D eigenvalue weighted by Crippen LogP contribution is -2.40. The number of nitro groups is 1. The summed E-state index contributed by atoms with van der Waals surface area (Å²) in [5.74, 6) is -3.12. The van der Waals surface area contributed by atoms with Gasteiger partial charge in [0.05, 0.1) is 40.9 Å². The number of nitro benzene ring substituents is 1. The van der Waals surface area contributed by atoms with Crippen LogP contribution in [0.5, 0.6) is 11.5 Å². The van der Waals surface area contributed by atoms with E-state index in [0.717, 1.165) is 16.0 Å². The first-order valence-corrected chi connectivity index (χ1v) is 16.0. The summed E-state index contributed by atoms with van der Waals surface area (Å²) >= 11 is 0. The first kappa shape index (κ1) is 33.3. The number of fused-ring (bicyclic) bond motifs is 1. The predicted octanol–water partition coefficient (Wildman–Crippen LogP) is 5.57. The van der Waals surface area contributed by atoms with E-state index in [4.69, 9.17) is 4.74 Å². The SMILES string of the molecule is O=C1[C@@H]2[C@@H](CC(COc3ccccc3)=C([C@H](O)CC/C(=C/c3ccc(O)cc3)c3ccccn3)[C@@H]2CO)C(=O)N1c1cccc([N+](=O)[O-])c1. The van der Waals surface area contributed by atoms with Crippen molar-refractivity contribution < 1.29 is 34.6 Å². The molecule has 0 unspecified atom stereocenters. The number of carbonyl (C=O) groups is 2. The van der Waals surface area contributed by atoms with Gasteiger partial charge in [-0.15, -0.1) is 0 Å². The maximum Gasteiger partial charge on any atom is 0.271 e. The van der Waals surface area contributed by atoms with Crippen LogP contribution in [0.25, 0.3) is 11.6 Å². The number of phenols is 1. The van der Waals surface area contributed by atoms with Gasteiger partial charge in [0.2, 0.25) is 11.8 Å². The van der Waals surface area contributed by atoms with E-state index in [1.165, 1.54) is 24.3 Å². The number of aromatic nitrogens is 1. The second kappa shape index (κ2) is 14.6. The van der Waals surface area contributed by atoms with E-state index in [9.17, 15) is 35.0 Å². The van der Waals surface area contributed by atoms with Gasteiger partial charge in [0.15, 0.2) is 0 Å². The molecule has 3 N–H and O–H groups in total. The lowest BCUT2D eigenvalue weighted by molar-refractivity contribution is -0.384. The van der Waals surface area contributed by atoms with Crippen molar-refractivity contribution in [3.05, 3.63) is 136 Å². The van der Waals surface area contributed by atoms with Gasteiger partial charge in [0, 0.05) is 24.2 Å². The fourth-order valence-corrected chi connectivity index (χ4v) is 6.83. The van der Waals surface area contributed by atoms with Crippen LogP contribution >= 0.6 is 0 Å². The van der Waals surface area contributed by atoms with Gasteiger partial charge in [-0.2, -0.15) is 0 Å². The molecule has 4 aromatic rings. The quantitative estimate of drug-likeness (QED) is 0.0762. The van der Waals surface area contributed by atoms with Crippen molar-refractivity contribution in [1.82, 2.24) is 4.98 Å². The van der Waals surface area contributed by atoms with Crippen LogP contribution in [-0.2, 0) is 9.59 Å². The van der Waals surface area contributed by atoms with Crippen molar-refractivity contribution in [3.8, 4) is 11.5 Å². The minimum Gasteiger partial charge on any atom is -0.508 e. The number of benzene rings is 3. The van der Waals surface area contributed by atoms with Crippen LogP contribution in [0.2, 0.25) is 0 Å². The van der Waals surface area contributed by atoms with E-state index >= 15 is 0 Å². The number of non-ortho nitro benzene ring substituents is 1. The first-order valence-electron chi connectivity index (χ1n) is 16.0. The molecule has 11 nitrogen and oxygen atoms in total. The summed E-state index contributed by atoms with van der Waals surface area (Å²) in [7, 11) is 0. The summed E-state index contributed by atoms with van der Waals surface area (Å²) in [4.78, 5) is 44.2. The molecule has 2 heterocycles. The number of pyridine rings is 1. The standard InChI is InChI=1S/C38H35N3O8/c42-22-32-35(34(44)17-14-25(33-11-4-5-18-39-33)19-24-12-15-29(43)16-13-24)26(23-49-30-9-2-1-3-10-30)20-31-36(32)38(46)40(37(31)45)27-7-6-8-28(21-27)41(47)48/h1-13,15-16,18-19,21,31-32,34,36,42-44H,14,17,20,22-23H2/b25-19-/t31-,32+,34-,36-/m1/s1. The van der Waals surface area contributed by atoms with Gasteiger partial charge in [0.1, 0.15) is 18.1 Å². The summed E-state index contributed by atoms with van der Waals surface area (Å²) in [6.45, 7) is -0.495. The molecule has 1 aliphatic heterocycles. The number of nitrogens with zero attached hydrogens (tertiary/aromatic N) is 3. The Bertz CT molecular complexity index is 1890. The average molecular weight is 662 g/mol. The number of allylic oxidation sites excluding steroid dienone is 1. The second-order valence-corrected chi connectivity index (χ2v) is 12.1. The van der Waals surface area contributed by atoms with Gasteiger partial charge in [-0.05, 0) is 90.1 Å². The number of anilines is 1. The van der Waals surface area contributed by atoms with Crippen LogP contribution in [0.1, 0.15) is 30.5 Å². The molecule has 3 aromatic carbocycles. The van der Waals surface area contributed by atoms with Crippen molar-refractivity contribution in [2.24, 2.45) is 17.8 Å². The molecule has 1 fully saturated rings. The zero-order valence-electron chi connectivity index (χ0n) is 26.5. The number of ether oxygens (including phenoxy) is 1. The minimum atomic E-state index is -1.12. The van der Waals surface area contributed by atoms with Crippen molar-refractivity contribution in [3.63, 3.8) is 0 Å². The summed E-state index contributed by atoms with van der Waals surface area (Å²) in [6.07, 6.45) is 3.17. The number of hydrogen-bond donors (Lipinski definition) is 3. The lowest BCUT2D eigenvalue weighted by Gasteiger charge is -2.36. The van der Waals surface area contributed by atoms with Crippen molar-refractivity contribution in [2.75, 3.05) is 18.1 Å². The van der Waals surface area contributed by atoms with E-state index < -0.39 is 47.2 Å². The Labute approximate surface area is 282 Å². The molecule has 49 heavy (non-hydrogen) atoms. The van der Waals surface area contributed by atoms with Gasteiger partial charge in [-0.3, -0.25) is 24.7 Å². The van der Waals surface area contributed by atoms with Crippen LogP contribution < -0.4 is 9.64 Å². The Hall–Kier alpha value is -5.65. The number of phenolic OH excluding ortho intramolecular Hbond substituents is 1. The Morgan fingerprint density at radius 3 is 2.45 bits per heavy atom. The molecule has 4 atom stereocenters. The van der Waals surface area contributed by atoms with Crippen LogP contribution in [0.3, 0.4) is 0 Å². The smallest absolute Gasteiger partial charge is 0.271 e. The molecule has 250 valence electrons. The highest BCUT2D eigenvalue weighted by Crippen LogP contribution is 2.47. The van der Waals surface area contributed by atoms with Crippen molar-refractivity contribution >= 4 is 34.8 Å². The molecule has 0 bridgehead atoms. The average Bonchev–Trinajstić information content (AvgIpc) is 3.38. The van der Waals surface area contributed by atoms with Crippen LogP contribution in [0.15, 0.2) is 114 Å². The van der Waals surface area contributed by atoms with E-state index in [0.29, 0.717) is 29.0 Å². The highest BCUT2D eigenvalue weighted by atomic mass is 16.6. The van der Waals surface area contributed by atoms with Crippen molar-refractivity contribution in [1.29, 1.82) is 0 Å². The second-order valence-electron chi connectivity index (χ2n) is 12.1. The number of rotatable bonds is 12. The van der Waals surface area contributed by atoms with Gasteiger partial charge in [-0.25, -0.2) is 4.90 Å². The predicted molar refractivity (Wildman–Crippen MR) is 182 cm³/mol. The zero-order chi connectivity index (χ0) is 34.5. The lowest BCUT2D eigenvalue weighted by atomic mass is 9.68. The normalized spacial score (nSPS) is 19.9. The maximum atomic E-state index is 14.0. The van der Waals surface area contributed by atoms with E-state index in [2.05, 4.69) is 4.98 Å². The largest absolute Gasteiger partial charge is 0.508 e. The Balaban J connectivity index is 1.34. The molecule has 1 aromatic heterocycles. The zero-order valence-corrected chi connectivity index (χ0v) is 26.5. The highest BCUT2D eigenvalue weighted by Gasteiger charge is 2.55. The molecule has 2 amide bonds. The molecule has 6 rings (SSSR count). The minimum absolute atomic E-state index is 0.0187. The van der Waals surface area contributed by atoms with Crippen LogP contribution in [-0.4, -0.2) is 56.4 Å². The summed E-state index contributed by atoms with van der Waals surface area (Å²) in [5.41, 5.74) is 3.24. The molecular weight excluding hydrogens is 626 g/mol. The van der Waals surface area contributed by atoms with E-state index in [-0.39, 0.29) is 36.6 Å². The Morgan fingerprint density at radius 2 is 1.76 bits per heavy atom. The molecule has 0 saturated carbocycles. The van der Waals surface area contributed by atoms with E-state index in [1.807, 2.05) is 42.5 Å². The number of carbonyl (C=O) groups excluding carboxylic acids is 2. The number of para-hydroxylation sites is 1. The van der Waals surface area contributed by atoms with Crippen LogP contribution in [0, 0.1) is 27.9 Å². The topological polar surface area (TPSA) is 163 Å². The molecule has 1 aliphatic carbocycles. The summed E-state index contributed by atoms with van der Waals surface area (Å²) in [6, 6.07) is 26.7. The van der Waals surface area contributed by atoms with Gasteiger partial charge >= 0.3 is 0 Å². The van der Waals surface area contributed by atoms with Gasteiger partial charge < -0.3 is 20.1 Å². The van der Waals surface area contributed by atoms with Gasteiger partial charge in [-0.1, -0.05) is 42.5 Å². The number of hydrogen-bond acceptors (Lipinski definition) is 9. The number of aliphatic hydroxyl groups is 2. The molecule has 0 radical (unpaired) electrons. The molecule has 0 spiro atoms. The van der Waals surface area contributed by atoms with Gasteiger partial charge in [0.25, 0.3) is 5.69 Å².